The predicted octanol–water partition coefficient (Wildman–Crippen LogP) is 7.41. The van der Waals surface area contributed by atoms with Crippen molar-refractivity contribution in [3.63, 3.8) is 0 Å². The first-order chi connectivity index (χ1) is 12.8. The summed E-state index contributed by atoms with van der Waals surface area (Å²) in [4.78, 5) is 0. The Morgan fingerprint density at radius 2 is 0.923 bits per heavy atom. The molecule has 0 bridgehead atoms. The molecule has 0 radical (unpaired) electrons. The maximum absolute atomic E-state index is 5.64. The van der Waals surface area contributed by atoms with Crippen LogP contribution in [0.1, 0.15) is 103 Å². The summed E-state index contributed by atoms with van der Waals surface area (Å²) in [6.45, 7) is 4.55. The number of ether oxygens (including phenoxy) is 1. The summed E-state index contributed by atoms with van der Waals surface area (Å²) in [6, 6.07) is 0. The Kier molecular flexibility index (Phi) is 23.6. The zero-order chi connectivity index (χ0) is 19.1. The minimum atomic E-state index is -1.16. The first-order valence-corrected chi connectivity index (χ1v) is 12.0. The van der Waals surface area contributed by atoms with E-state index in [2.05, 4.69) is 6.92 Å². The zero-order valence-electron chi connectivity index (χ0n) is 17.8. The average Bonchev–Trinajstić information content (AvgIpc) is 2.66. The van der Waals surface area contributed by atoms with E-state index in [1.807, 2.05) is 0 Å². The van der Waals surface area contributed by atoms with Gasteiger partial charge in [0.1, 0.15) is 0 Å². The van der Waals surface area contributed by atoms with Gasteiger partial charge in [-0.15, -0.1) is 0 Å². The van der Waals surface area contributed by atoms with Gasteiger partial charge in [-0.05, 0) is 12.8 Å². The van der Waals surface area contributed by atoms with Crippen molar-refractivity contribution >= 4 is 8.60 Å². The summed E-state index contributed by atoms with van der Waals surface area (Å²) >= 11 is 0. The summed E-state index contributed by atoms with van der Waals surface area (Å²) in [7, 11) is 2.04. The molecular weight excluding hydrogens is 347 g/mol. The minimum Gasteiger partial charge on any atom is -0.381 e. The molecule has 0 aliphatic rings. The third-order valence-electron chi connectivity index (χ3n) is 4.57. The van der Waals surface area contributed by atoms with Gasteiger partial charge in [0.25, 0.3) is 0 Å². The van der Waals surface area contributed by atoms with Crippen LogP contribution < -0.4 is 0 Å². The third kappa shape index (κ3) is 20.6. The van der Waals surface area contributed by atoms with E-state index in [-0.39, 0.29) is 0 Å². The standard InChI is InChI=1S/C21H45O4P/c1-4-5-6-7-8-9-10-11-12-13-14-15-16-17-19-24-20-18-21-25-26(22-2)23-3/h4-21H2,1-3H3. The fourth-order valence-electron chi connectivity index (χ4n) is 2.98. The van der Waals surface area contributed by atoms with Crippen molar-refractivity contribution < 1.29 is 18.3 Å². The van der Waals surface area contributed by atoms with Crippen molar-refractivity contribution in [3.8, 4) is 0 Å². The first-order valence-electron chi connectivity index (χ1n) is 10.9. The third-order valence-corrected chi connectivity index (χ3v) is 5.56. The van der Waals surface area contributed by atoms with Crippen LogP contribution in [0, 0.1) is 0 Å². The molecule has 0 spiro atoms. The van der Waals surface area contributed by atoms with Gasteiger partial charge in [0.15, 0.2) is 0 Å². The van der Waals surface area contributed by atoms with Crippen LogP contribution in [0.2, 0.25) is 0 Å². The lowest BCUT2D eigenvalue weighted by Gasteiger charge is -2.11. The lowest BCUT2D eigenvalue weighted by atomic mass is 10.0. The summed E-state index contributed by atoms with van der Waals surface area (Å²) in [5.41, 5.74) is 0. The van der Waals surface area contributed by atoms with Crippen molar-refractivity contribution in [2.75, 3.05) is 34.0 Å². The van der Waals surface area contributed by atoms with Crippen LogP contribution >= 0.6 is 8.60 Å². The van der Waals surface area contributed by atoms with Crippen molar-refractivity contribution in [2.24, 2.45) is 0 Å². The molecule has 0 fully saturated rings. The molecule has 0 aliphatic carbocycles. The molecule has 0 rings (SSSR count). The zero-order valence-corrected chi connectivity index (χ0v) is 18.7. The van der Waals surface area contributed by atoms with E-state index in [0.29, 0.717) is 6.61 Å². The normalized spacial score (nSPS) is 11.5. The molecule has 0 saturated heterocycles. The monoisotopic (exact) mass is 392 g/mol. The summed E-state index contributed by atoms with van der Waals surface area (Å²) < 4.78 is 21.1. The van der Waals surface area contributed by atoms with Crippen molar-refractivity contribution in [2.45, 2.75) is 103 Å². The van der Waals surface area contributed by atoms with E-state index < -0.39 is 8.60 Å². The SMILES string of the molecule is CCCCCCCCCCCCCCCCOCCCOP(OC)OC. The maximum atomic E-state index is 5.64. The number of rotatable bonds is 22. The molecule has 0 saturated carbocycles. The van der Waals surface area contributed by atoms with E-state index in [4.69, 9.17) is 18.3 Å². The fraction of sp³-hybridized carbons (Fsp3) is 1.00. The van der Waals surface area contributed by atoms with Crippen molar-refractivity contribution in [3.05, 3.63) is 0 Å². The Balaban J connectivity index is 3.03. The molecule has 0 N–H and O–H groups in total. The summed E-state index contributed by atoms with van der Waals surface area (Å²) in [6.07, 6.45) is 20.4. The Bertz CT molecular complexity index is 250. The lowest BCUT2D eigenvalue weighted by Crippen LogP contribution is -2.01. The van der Waals surface area contributed by atoms with Crippen LogP contribution in [0.3, 0.4) is 0 Å². The molecule has 0 aromatic carbocycles. The molecule has 0 unspecified atom stereocenters. The van der Waals surface area contributed by atoms with Gasteiger partial charge in [0, 0.05) is 27.4 Å². The number of unbranched alkanes of at least 4 members (excludes halogenated alkanes) is 13. The summed E-state index contributed by atoms with van der Waals surface area (Å²) in [5.74, 6) is 0. The van der Waals surface area contributed by atoms with E-state index >= 15 is 0 Å². The molecule has 5 heteroatoms. The van der Waals surface area contributed by atoms with Gasteiger partial charge in [0.05, 0.1) is 6.61 Å². The number of hydrogen-bond donors (Lipinski definition) is 0. The Morgan fingerprint density at radius 3 is 1.38 bits per heavy atom. The minimum absolute atomic E-state index is 0.631. The van der Waals surface area contributed by atoms with Crippen LogP contribution in [0.15, 0.2) is 0 Å². The lowest BCUT2D eigenvalue weighted by molar-refractivity contribution is 0.110. The smallest absolute Gasteiger partial charge is 0.332 e. The van der Waals surface area contributed by atoms with E-state index in [1.54, 1.807) is 14.2 Å². The Labute approximate surface area is 164 Å². The highest BCUT2D eigenvalue weighted by Crippen LogP contribution is 2.36. The highest BCUT2D eigenvalue weighted by Gasteiger charge is 2.06. The quantitative estimate of drug-likeness (QED) is 0.142. The van der Waals surface area contributed by atoms with Crippen molar-refractivity contribution in [1.82, 2.24) is 0 Å². The second-order valence-electron chi connectivity index (χ2n) is 6.98. The topological polar surface area (TPSA) is 36.9 Å². The van der Waals surface area contributed by atoms with Crippen LogP contribution in [0.25, 0.3) is 0 Å². The van der Waals surface area contributed by atoms with Crippen LogP contribution in [-0.2, 0) is 18.3 Å². The van der Waals surface area contributed by atoms with E-state index in [9.17, 15) is 0 Å². The maximum Gasteiger partial charge on any atom is 0.332 e. The molecule has 0 heterocycles. The highest BCUT2D eigenvalue weighted by molar-refractivity contribution is 7.41. The van der Waals surface area contributed by atoms with E-state index in [0.717, 1.165) is 19.6 Å². The molecule has 0 aromatic heterocycles. The van der Waals surface area contributed by atoms with Gasteiger partial charge >= 0.3 is 8.60 Å². The second-order valence-corrected chi connectivity index (χ2v) is 8.42. The second kappa shape index (κ2) is 23.3. The average molecular weight is 393 g/mol. The van der Waals surface area contributed by atoms with Crippen LogP contribution in [0.5, 0.6) is 0 Å². The molecular formula is C21H45O4P. The summed E-state index contributed by atoms with van der Waals surface area (Å²) in [5, 5.41) is 0. The van der Waals surface area contributed by atoms with Crippen molar-refractivity contribution in [1.29, 1.82) is 0 Å². The van der Waals surface area contributed by atoms with Gasteiger partial charge in [-0.3, -0.25) is 0 Å². The molecule has 0 atom stereocenters. The van der Waals surface area contributed by atoms with Gasteiger partial charge in [-0.25, -0.2) is 0 Å². The molecule has 0 aromatic rings. The molecule has 0 amide bonds. The molecule has 0 aliphatic heterocycles. The predicted molar refractivity (Wildman–Crippen MR) is 113 cm³/mol. The Hall–Kier alpha value is 0.270. The highest BCUT2D eigenvalue weighted by atomic mass is 31.2. The fourth-order valence-corrected chi connectivity index (χ4v) is 3.62. The van der Waals surface area contributed by atoms with Crippen LogP contribution in [-0.4, -0.2) is 34.0 Å². The van der Waals surface area contributed by atoms with Gasteiger partial charge in [-0.1, -0.05) is 90.4 Å². The Morgan fingerprint density at radius 1 is 0.500 bits per heavy atom. The van der Waals surface area contributed by atoms with Gasteiger partial charge < -0.3 is 18.3 Å². The first kappa shape index (κ1) is 26.3. The largest absolute Gasteiger partial charge is 0.381 e. The van der Waals surface area contributed by atoms with E-state index in [1.165, 1.54) is 89.9 Å². The number of hydrogen-bond acceptors (Lipinski definition) is 4. The molecule has 158 valence electrons. The van der Waals surface area contributed by atoms with Crippen LogP contribution in [0.4, 0.5) is 0 Å². The van der Waals surface area contributed by atoms with Gasteiger partial charge in [-0.2, -0.15) is 0 Å². The van der Waals surface area contributed by atoms with Gasteiger partial charge in [0.2, 0.25) is 0 Å². The molecule has 26 heavy (non-hydrogen) atoms. The molecule has 4 nitrogen and oxygen atoms in total.